The molecule has 0 fully saturated rings. The van der Waals surface area contributed by atoms with Crippen molar-refractivity contribution >= 4 is 11.6 Å². The summed E-state index contributed by atoms with van der Waals surface area (Å²) in [4.78, 5) is 0. The Labute approximate surface area is 124 Å². The van der Waals surface area contributed by atoms with E-state index in [0.29, 0.717) is 6.04 Å². The van der Waals surface area contributed by atoms with Gasteiger partial charge < -0.3 is 5.32 Å². The van der Waals surface area contributed by atoms with Gasteiger partial charge in [0.2, 0.25) is 0 Å². The summed E-state index contributed by atoms with van der Waals surface area (Å²) in [7, 11) is 2.03. The second-order valence-corrected chi connectivity index (χ2v) is 5.99. The summed E-state index contributed by atoms with van der Waals surface area (Å²) in [6.07, 6.45) is 5.53. The summed E-state index contributed by atoms with van der Waals surface area (Å²) in [5.74, 6) is 0. The van der Waals surface area contributed by atoms with Crippen LogP contribution in [0.4, 0.5) is 0 Å². The number of aryl methyl sites for hydroxylation is 1. The van der Waals surface area contributed by atoms with E-state index in [1.807, 2.05) is 36.1 Å². The highest BCUT2D eigenvalue weighted by molar-refractivity contribution is 6.30. The fourth-order valence-corrected chi connectivity index (χ4v) is 3.25. The zero-order valence-corrected chi connectivity index (χ0v) is 12.7. The van der Waals surface area contributed by atoms with E-state index < -0.39 is 0 Å². The number of aromatic nitrogens is 2. The summed E-state index contributed by atoms with van der Waals surface area (Å²) < 4.78 is 2.01. The average Bonchev–Trinajstić information content (AvgIpc) is 2.82. The number of nitrogens with zero attached hydrogens (tertiary/aromatic N) is 2. The molecule has 1 N–H and O–H groups in total. The summed E-state index contributed by atoms with van der Waals surface area (Å²) in [5, 5.41) is 8.91. The van der Waals surface area contributed by atoms with Crippen LogP contribution >= 0.6 is 11.6 Å². The predicted octanol–water partition coefficient (Wildman–Crippen LogP) is 3.80. The molecule has 1 aromatic carbocycles. The molecule has 0 bridgehead atoms. The van der Waals surface area contributed by atoms with Crippen molar-refractivity contribution in [2.45, 2.75) is 38.3 Å². The first-order chi connectivity index (χ1) is 9.65. The van der Waals surface area contributed by atoms with Crippen molar-refractivity contribution in [3.8, 4) is 0 Å². The molecule has 0 radical (unpaired) electrons. The molecule has 3 rings (SSSR count). The normalized spacial score (nSPS) is 19.6. The molecule has 2 unspecified atom stereocenters. The van der Waals surface area contributed by atoms with Gasteiger partial charge in [0, 0.05) is 35.4 Å². The van der Waals surface area contributed by atoms with Crippen molar-refractivity contribution in [3.63, 3.8) is 0 Å². The lowest BCUT2D eigenvalue weighted by molar-refractivity contribution is 0.411. The fourth-order valence-electron chi connectivity index (χ4n) is 3.05. The molecule has 2 atom stereocenters. The molecule has 20 heavy (non-hydrogen) atoms. The highest BCUT2D eigenvalue weighted by Gasteiger charge is 2.24. The van der Waals surface area contributed by atoms with Crippen molar-refractivity contribution < 1.29 is 0 Å². The Morgan fingerprint density at radius 2 is 2.30 bits per heavy atom. The lowest BCUT2D eigenvalue weighted by Crippen LogP contribution is -2.27. The zero-order chi connectivity index (χ0) is 14.1. The van der Waals surface area contributed by atoms with Gasteiger partial charge in [0.25, 0.3) is 0 Å². The number of hydrogen-bond donors (Lipinski definition) is 1. The first kappa shape index (κ1) is 13.7. The fraction of sp³-hybridized carbons (Fsp3) is 0.438. The van der Waals surface area contributed by atoms with E-state index in [1.54, 1.807) is 0 Å². The molecular weight excluding hydrogens is 270 g/mol. The smallest absolute Gasteiger partial charge is 0.0540 e. The second kappa shape index (κ2) is 5.58. The van der Waals surface area contributed by atoms with E-state index in [0.717, 1.165) is 11.4 Å². The number of rotatable bonds is 3. The van der Waals surface area contributed by atoms with Crippen LogP contribution in [0.5, 0.6) is 0 Å². The summed E-state index contributed by atoms with van der Waals surface area (Å²) in [6, 6.07) is 8.75. The highest BCUT2D eigenvalue weighted by atomic mass is 35.5. The van der Waals surface area contributed by atoms with Crippen LogP contribution in [0.2, 0.25) is 5.02 Å². The third-order valence-electron chi connectivity index (χ3n) is 4.18. The molecule has 1 heterocycles. The van der Waals surface area contributed by atoms with Gasteiger partial charge in [0.05, 0.1) is 6.20 Å². The molecule has 4 heteroatoms. The van der Waals surface area contributed by atoms with Gasteiger partial charge in [-0.15, -0.1) is 0 Å². The van der Waals surface area contributed by atoms with Crippen LogP contribution in [0.1, 0.15) is 48.7 Å². The van der Waals surface area contributed by atoms with Gasteiger partial charge in [-0.25, -0.2) is 0 Å². The van der Waals surface area contributed by atoms with Crippen molar-refractivity contribution in [2.24, 2.45) is 7.05 Å². The number of halogens is 1. The Balaban J connectivity index is 1.78. The van der Waals surface area contributed by atoms with Crippen LogP contribution < -0.4 is 5.32 Å². The van der Waals surface area contributed by atoms with E-state index in [9.17, 15) is 0 Å². The lowest BCUT2D eigenvalue weighted by Gasteiger charge is -2.27. The SMILES string of the molecule is CC(NC1CCCc2c1cnn2C)c1cccc(Cl)c1. The number of nitrogens with one attached hydrogen (secondary N) is 1. The third-order valence-corrected chi connectivity index (χ3v) is 4.41. The van der Waals surface area contributed by atoms with Crippen molar-refractivity contribution in [2.75, 3.05) is 0 Å². The third kappa shape index (κ3) is 2.60. The van der Waals surface area contributed by atoms with Crippen LogP contribution in [0.25, 0.3) is 0 Å². The maximum atomic E-state index is 6.07. The van der Waals surface area contributed by atoms with Gasteiger partial charge in [-0.2, -0.15) is 5.10 Å². The minimum atomic E-state index is 0.282. The van der Waals surface area contributed by atoms with Gasteiger partial charge in [0.15, 0.2) is 0 Å². The summed E-state index contributed by atoms with van der Waals surface area (Å²) >= 11 is 6.07. The van der Waals surface area contributed by atoms with Crippen molar-refractivity contribution in [3.05, 3.63) is 52.3 Å². The standard InChI is InChI=1S/C16H20ClN3/c1-11(12-5-3-6-13(17)9-12)19-15-7-4-8-16-14(15)10-18-20(16)2/h3,5-6,9-11,15,19H,4,7-8H2,1-2H3. The van der Waals surface area contributed by atoms with E-state index in [4.69, 9.17) is 11.6 Å². The van der Waals surface area contributed by atoms with Gasteiger partial charge in [-0.05, 0) is 43.9 Å². The predicted molar refractivity (Wildman–Crippen MR) is 81.9 cm³/mol. The molecule has 0 spiro atoms. The Bertz CT molecular complexity index is 606. The van der Waals surface area contributed by atoms with E-state index in [-0.39, 0.29) is 6.04 Å². The molecule has 106 valence electrons. The first-order valence-electron chi connectivity index (χ1n) is 7.17. The maximum absolute atomic E-state index is 6.07. The quantitative estimate of drug-likeness (QED) is 0.931. The van der Waals surface area contributed by atoms with Crippen LogP contribution in [-0.2, 0) is 13.5 Å². The molecular formula is C16H20ClN3. The van der Waals surface area contributed by atoms with Crippen LogP contribution in [0.15, 0.2) is 30.5 Å². The first-order valence-corrected chi connectivity index (χ1v) is 7.55. The highest BCUT2D eigenvalue weighted by Crippen LogP contribution is 2.31. The van der Waals surface area contributed by atoms with Crippen LogP contribution in [-0.4, -0.2) is 9.78 Å². The molecule has 2 aromatic rings. The van der Waals surface area contributed by atoms with Crippen molar-refractivity contribution in [1.82, 2.24) is 15.1 Å². The lowest BCUT2D eigenvalue weighted by atomic mass is 9.92. The van der Waals surface area contributed by atoms with Gasteiger partial charge >= 0.3 is 0 Å². The van der Waals surface area contributed by atoms with E-state index in [2.05, 4.69) is 23.4 Å². The monoisotopic (exact) mass is 289 g/mol. The second-order valence-electron chi connectivity index (χ2n) is 5.56. The van der Waals surface area contributed by atoms with Crippen LogP contribution in [0, 0.1) is 0 Å². The van der Waals surface area contributed by atoms with Gasteiger partial charge in [0.1, 0.15) is 0 Å². The molecule has 3 nitrogen and oxygen atoms in total. The topological polar surface area (TPSA) is 29.9 Å². The van der Waals surface area contributed by atoms with E-state index >= 15 is 0 Å². The van der Waals surface area contributed by atoms with Crippen LogP contribution in [0.3, 0.4) is 0 Å². The summed E-state index contributed by atoms with van der Waals surface area (Å²) in [5.41, 5.74) is 3.95. The number of benzene rings is 1. The molecule has 0 saturated carbocycles. The zero-order valence-electron chi connectivity index (χ0n) is 11.9. The Morgan fingerprint density at radius 1 is 1.45 bits per heavy atom. The Hall–Kier alpha value is -1.32. The van der Waals surface area contributed by atoms with Crippen molar-refractivity contribution in [1.29, 1.82) is 0 Å². The molecule has 0 amide bonds. The minimum absolute atomic E-state index is 0.282. The van der Waals surface area contributed by atoms with E-state index in [1.165, 1.54) is 29.7 Å². The Kier molecular flexibility index (Phi) is 3.81. The molecule has 1 aliphatic rings. The molecule has 1 aliphatic carbocycles. The minimum Gasteiger partial charge on any atom is -0.303 e. The Morgan fingerprint density at radius 3 is 3.10 bits per heavy atom. The molecule has 1 aromatic heterocycles. The number of hydrogen-bond acceptors (Lipinski definition) is 2. The van der Waals surface area contributed by atoms with Gasteiger partial charge in [-0.3, -0.25) is 4.68 Å². The maximum Gasteiger partial charge on any atom is 0.0540 e. The summed E-state index contributed by atoms with van der Waals surface area (Å²) in [6.45, 7) is 2.19. The largest absolute Gasteiger partial charge is 0.303 e. The number of fused-ring (bicyclic) bond motifs is 1. The van der Waals surface area contributed by atoms with Gasteiger partial charge in [-0.1, -0.05) is 23.7 Å². The molecule has 0 aliphatic heterocycles. The molecule has 0 saturated heterocycles. The average molecular weight is 290 g/mol.